The van der Waals surface area contributed by atoms with Crippen molar-refractivity contribution in [2.45, 2.75) is 36.7 Å². The highest BCUT2D eigenvalue weighted by molar-refractivity contribution is 8.00. The van der Waals surface area contributed by atoms with Crippen LogP contribution in [0.2, 0.25) is 0 Å². The van der Waals surface area contributed by atoms with Crippen molar-refractivity contribution in [1.29, 1.82) is 0 Å². The molecule has 1 aromatic heterocycles. The molecule has 0 bridgehead atoms. The zero-order valence-corrected chi connectivity index (χ0v) is 17.4. The van der Waals surface area contributed by atoms with E-state index in [4.69, 9.17) is 4.42 Å². The molecule has 2 amide bonds. The highest BCUT2D eigenvalue weighted by Crippen LogP contribution is 2.30. The molecule has 0 spiro atoms. The van der Waals surface area contributed by atoms with Gasteiger partial charge >= 0.3 is 0 Å². The van der Waals surface area contributed by atoms with Crippen LogP contribution in [0.5, 0.6) is 0 Å². The predicted octanol–water partition coefficient (Wildman–Crippen LogP) is 4.50. The molecule has 2 aromatic carbocycles. The molecule has 0 aliphatic heterocycles. The van der Waals surface area contributed by atoms with Gasteiger partial charge in [0.05, 0.1) is 30.2 Å². The Morgan fingerprint density at radius 3 is 2.73 bits per heavy atom. The number of aryl methyl sites for hydroxylation is 1. The second-order valence-electron chi connectivity index (χ2n) is 7.26. The summed E-state index contributed by atoms with van der Waals surface area (Å²) in [6, 6.07) is 19.4. The van der Waals surface area contributed by atoms with Gasteiger partial charge in [-0.1, -0.05) is 36.4 Å². The third-order valence-electron chi connectivity index (χ3n) is 5.21. The molecular formula is C24H24N2O3S. The van der Waals surface area contributed by atoms with E-state index in [-0.39, 0.29) is 23.6 Å². The second-order valence-corrected chi connectivity index (χ2v) is 8.28. The molecule has 0 saturated carbocycles. The Kier molecular flexibility index (Phi) is 6.54. The standard InChI is InChI=1S/C24H24N2O3S/c27-23(25-15-18-9-6-14-29-18)16-30-22-13-4-3-11-20(22)24(28)26-21-12-5-8-17-7-1-2-10-19(17)21/h1-4,6-7,9-11,13-14,21H,5,8,12,15-16H2,(H,25,27)(H,26,28)/t21-/m0/s1. The molecule has 0 saturated heterocycles. The van der Waals surface area contributed by atoms with E-state index in [1.165, 1.54) is 22.9 Å². The van der Waals surface area contributed by atoms with E-state index >= 15 is 0 Å². The molecule has 0 fully saturated rings. The van der Waals surface area contributed by atoms with Gasteiger partial charge in [-0.15, -0.1) is 11.8 Å². The number of nitrogens with one attached hydrogen (secondary N) is 2. The molecule has 1 aliphatic carbocycles. The monoisotopic (exact) mass is 420 g/mol. The van der Waals surface area contributed by atoms with Crippen LogP contribution in [0.3, 0.4) is 0 Å². The van der Waals surface area contributed by atoms with Crippen LogP contribution < -0.4 is 10.6 Å². The smallest absolute Gasteiger partial charge is 0.252 e. The lowest BCUT2D eigenvalue weighted by atomic mass is 9.87. The number of hydrogen-bond acceptors (Lipinski definition) is 4. The number of amides is 2. The van der Waals surface area contributed by atoms with E-state index in [9.17, 15) is 9.59 Å². The van der Waals surface area contributed by atoms with Crippen molar-refractivity contribution >= 4 is 23.6 Å². The number of rotatable bonds is 7. The first kappa shape index (κ1) is 20.3. The van der Waals surface area contributed by atoms with Crippen molar-refractivity contribution < 1.29 is 14.0 Å². The third kappa shape index (κ3) is 4.94. The molecule has 2 N–H and O–H groups in total. The number of benzene rings is 2. The molecule has 5 nitrogen and oxygen atoms in total. The molecule has 1 heterocycles. The summed E-state index contributed by atoms with van der Waals surface area (Å²) in [6.45, 7) is 0.357. The van der Waals surface area contributed by atoms with Gasteiger partial charge in [0, 0.05) is 4.90 Å². The summed E-state index contributed by atoms with van der Waals surface area (Å²) < 4.78 is 5.22. The summed E-state index contributed by atoms with van der Waals surface area (Å²) in [5.74, 6) is 0.738. The van der Waals surface area contributed by atoms with E-state index < -0.39 is 0 Å². The van der Waals surface area contributed by atoms with Crippen LogP contribution in [-0.2, 0) is 17.8 Å². The summed E-state index contributed by atoms with van der Waals surface area (Å²) in [6.07, 6.45) is 4.64. The zero-order chi connectivity index (χ0) is 20.8. The lowest BCUT2D eigenvalue weighted by Crippen LogP contribution is -2.31. The largest absolute Gasteiger partial charge is 0.467 e. The van der Waals surface area contributed by atoms with Gasteiger partial charge in [-0.3, -0.25) is 9.59 Å². The fourth-order valence-corrected chi connectivity index (χ4v) is 4.59. The van der Waals surface area contributed by atoms with Crippen LogP contribution in [0, 0.1) is 0 Å². The summed E-state index contributed by atoms with van der Waals surface area (Å²) >= 11 is 1.36. The molecule has 1 atom stereocenters. The van der Waals surface area contributed by atoms with Gasteiger partial charge in [0.25, 0.3) is 5.91 Å². The Balaban J connectivity index is 1.38. The molecule has 30 heavy (non-hydrogen) atoms. The molecule has 1 aliphatic rings. The summed E-state index contributed by atoms with van der Waals surface area (Å²) in [5, 5.41) is 6.02. The molecule has 3 aromatic rings. The molecule has 6 heteroatoms. The fourth-order valence-electron chi connectivity index (χ4n) is 3.71. The number of carbonyl (C=O) groups is 2. The minimum absolute atomic E-state index is 0.0251. The minimum atomic E-state index is -0.104. The van der Waals surface area contributed by atoms with E-state index in [1.807, 2.05) is 42.5 Å². The summed E-state index contributed by atoms with van der Waals surface area (Å²) in [5.41, 5.74) is 3.12. The van der Waals surface area contributed by atoms with Gasteiger partial charge in [0.1, 0.15) is 5.76 Å². The first-order valence-corrected chi connectivity index (χ1v) is 11.1. The maximum Gasteiger partial charge on any atom is 0.252 e. The van der Waals surface area contributed by atoms with Crippen molar-refractivity contribution in [3.63, 3.8) is 0 Å². The van der Waals surface area contributed by atoms with Gasteiger partial charge in [-0.05, 0) is 54.7 Å². The van der Waals surface area contributed by atoms with Crippen molar-refractivity contribution in [3.8, 4) is 0 Å². The van der Waals surface area contributed by atoms with Crippen molar-refractivity contribution in [3.05, 3.63) is 89.4 Å². The van der Waals surface area contributed by atoms with Crippen molar-refractivity contribution in [2.75, 3.05) is 5.75 Å². The van der Waals surface area contributed by atoms with Crippen LogP contribution in [0.1, 0.15) is 46.1 Å². The Labute approximate surface area is 180 Å². The van der Waals surface area contributed by atoms with Gasteiger partial charge in [0.2, 0.25) is 5.91 Å². The number of hydrogen-bond donors (Lipinski definition) is 2. The summed E-state index contributed by atoms with van der Waals surface area (Å²) in [4.78, 5) is 26.0. The van der Waals surface area contributed by atoms with E-state index in [0.29, 0.717) is 17.9 Å². The van der Waals surface area contributed by atoms with Crippen molar-refractivity contribution in [1.82, 2.24) is 10.6 Å². The number of carbonyl (C=O) groups excluding carboxylic acids is 2. The Morgan fingerprint density at radius 1 is 1.03 bits per heavy atom. The molecular weight excluding hydrogens is 396 g/mol. The maximum atomic E-state index is 13.0. The van der Waals surface area contributed by atoms with Crippen LogP contribution in [-0.4, -0.2) is 17.6 Å². The third-order valence-corrected chi connectivity index (χ3v) is 6.28. The Bertz CT molecular complexity index is 1020. The lowest BCUT2D eigenvalue weighted by Gasteiger charge is -2.26. The SMILES string of the molecule is O=C(CSc1ccccc1C(=O)N[C@H]1CCCc2ccccc21)NCc1ccco1. The van der Waals surface area contributed by atoms with Crippen LogP contribution in [0.4, 0.5) is 0 Å². The molecule has 4 rings (SSSR count). The second kappa shape index (κ2) is 9.67. The Morgan fingerprint density at radius 2 is 1.87 bits per heavy atom. The van der Waals surface area contributed by atoms with Crippen LogP contribution in [0.15, 0.2) is 76.2 Å². The molecule has 154 valence electrons. The predicted molar refractivity (Wildman–Crippen MR) is 117 cm³/mol. The van der Waals surface area contributed by atoms with Gasteiger partial charge in [-0.2, -0.15) is 0 Å². The van der Waals surface area contributed by atoms with Crippen molar-refractivity contribution in [2.24, 2.45) is 0 Å². The first-order valence-electron chi connectivity index (χ1n) is 10.1. The number of furan rings is 1. The summed E-state index contributed by atoms with van der Waals surface area (Å²) in [7, 11) is 0. The van der Waals surface area contributed by atoms with Crippen LogP contribution >= 0.6 is 11.8 Å². The number of fused-ring (bicyclic) bond motifs is 1. The Hall–Kier alpha value is -2.99. The highest BCUT2D eigenvalue weighted by Gasteiger charge is 2.23. The fraction of sp³-hybridized carbons (Fsp3) is 0.250. The van der Waals surface area contributed by atoms with Crippen LogP contribution in [0.25, 0.3) is 0 Å². The highest BCUT2D eigenvalue weighted by atomic mass is 32.2. The lowest BCUT2D eigenvalue weighted by molar-refractivity contribution is -0.118. The quantitative estimate of drug-likeness (QED) is 0.552. The normalized spacial score (nSPS) is 15.3. The molecule has 0 unspecified atom stereocenters. The average molecular weight is 421 g/mol. The van der Waals surface area contributed by atoms with E-state index in [1.54, 1.807) is 12.3 Å². The maximum absolute atomic E-state index is 13.0. The minimum Gasteiger partial charge on any atom is -0.467 e. The van der Waals surface area contributed by atoms with E-state index in [0.717, 1.165) is 24.2 Å². The first-order chi connectivity index (χ1) is 14.7. The van der Waals surface area contributed by atoms with E-state index in [2.05, 4.69) is 22.8 Å². The average Bonchev–Trinajstić information content (AvgIpc) is 3.30. The molecule has 0 radical (unpaired) electrons. The topological polar surface area (TPSA) is 71.3 Å². The van der Waals surface area contributed by atoms with Gasteiger partial charge in [0.15, 0.2) is 0 Å². The number of thioether (sulfide) groups is 1. The van der Waals surface area contributed by atoms with Gasteiger partial charge in [-0.25, -0.2) is 0 Å². The zero-order valence-electron chi connectivity index (χ0n) is 16.6. The van der Waals surface area contributed by atoms with Gasteiger partial charge < -0.3 is 15.1 Å².